The van der Waals surface area contributed by atoms with Gasteiger partial charge in [-0.1, -0.05) is 0 Å². The molecule has 0 bridgehead atoms. The van der Waals surface area contributed by atoms with Gasteiger partial charge in [-0.2, -0.15) is 0 Å². The van der Waals surface area contributed by atoms with Gasteiger partial charge in [-0.25, -0.2) is 0 Å². The second kappa shape index (κ2) is 6.26. The van der Waals surface area contributed by atoms with Crippen LogP contribution in [0.4, 0.5) is 0 Å². The van der Waals surface area contributed by atoms with Crippen molar-refractivity contribution < 1.29 is 9.53 Å². The molecule has 0 N–H and O–H groups in total. The Kier molecular flexibility index (Phi) is 4.64. The first kappa shape index (κ1) is 17.0. The maximum atomic E-state index is 12.6. The molecule has 2 fully saturated rings. The van der Waals surface area contributed by atoms with Crippen LogP contribution in [0.1, 0.15) is 53.4 Å². The van der Waals surface area contributed by atoms with Crippen molar-refractivity contribution in [2.45, 2.75) is 63.8 Å². The molecule has 2 nitrogen and oxygen atoms in total. The zero-order chi connectivity index (χ0) is 16.7. The number of hydrogen-bond acceptors (Lipinski definition) is 2. The quantitative estimate of drug-likeness (QED) is 0.574. The molecule has 1 saturated heterocycles. The molecular weight excluding hydrogens is 351 g/mol. The molecule has 3 rings (SSSR count). The van der Waals surface area contributed by atoms with E-state index in [-0.39, 0.29) is 31.3 Å². The fourth-order valence-electron chi connectivity index (χ4n) is 4.14. The van der Waals surface area contributed by atoms with Crippen molar-refractivity contribution in [3.05, 3.63) is 30.3 Å². The summed E-state index contributed by atoms with van der Waals surface area (Å²) in [4.78, 5) is 12.7. The second-order valence-corrected chi connectivity index (χ2v) is 10.9. The molecule has 0 spiro atoms. The standard InChI is InChI=1S/C20H28O2Se/c1-19(2,3)14-9-8-12-20(4)16(13-14)17(18(21)22-20)23-15-10-6-5-7-11-15/h5-7,10-11,14,16-17H,8-9,12-13H2,1-4H3. The van der Waals surface area contributed by atoms with Gasteiger partial charge in [0.2, 0.25) is 0 Å². The van der Waals surface area contributed by atoms with Crippen molar-refractivity contribution in [3.8, 4) is 0 Å². The van der Waals surface area contributed by atoms with E-state index in [1.54, 1.807) is 0 Å². The summed E-state index contributed by atoms with van der Waals surface area (Å²) in [6.45, 7) is 9.21. The Bertz CT molecular complexity index is 563. The first-order valence-corrected chi connectivity index (χ1v) is 10.6. The summed E-state index contributed by atoms with van der Waals surface area (Å²) in [5, 5.41) is 0. The topological polar surface area (TPSA) is 26.3 Å². The average Bonchev–Trinajstić information content (AvgIpc) is 2.61. The molecule has 0 aromatic heterocycles. The Hall–Kier alpha value is -0.791. The molecule has 1 aliphatic heterocycles. The zero-order valence-corrected chi connectivity index (χ0v) is 16.4. The van der Waals surface area contributed by atoms with E-state index in [9.17, 15) is 4.79 Å². The van der Waals surface area contributed by atoms with Crippen LogP contribution in [0.5, 0.6) is 0 Å². The van der Waals surface area contributed by atoms with E-state index >= 15 is 0 Å². The summed E-state index contributed by atoms with van der Waals surface area (Å²) in [5.74, 6) is 1.11. The van der Waals surface area contributed by atoms with Crippen LogP contribution in [0.15, 0.2) is 30.3 Å². The molecule has 4 atom stereocenters. The second-order valence-electron chi connectivity index (χ2n) is 8.38. The van der Waals surface area contributed by atoms with Crippen molar-refractivity contribution in [1.82, 2.24) is 0 Å². The third-order valence-corrected chi connectivity index (χ3v) is 8.48. The fourth-order valence-corrected chi connectivity index (χ4v) is 6.90. The molecule has 1 aromatic rings. The van der Waals surface area contributed by atoms with Gasteiger partial charge in [0, 0.05) is 0 Å². The van der Waals surface area contributed by atoms with Crippen LogP contribution < -0.4 is 4.46 Å². The van der Waals surface area contributed by atoms with Gasteiger partial charge in [-0.3, -0.25) is 0 Å². The maximum absolute atomic E-state index is 12.6. The molecule has 126 valence electrons. The van der Waals surface area contributed by atoms with E-state index in [2.05, 4.69) is 52.0 Å². The van der Waals surface area contributed by atoms with Gasteiger partial charge in [-0.05, 0) is 0 Å². The number of ether oxygens (including phenoxy) is 1. The van der Waals surface area contributed by atoms with Gasteiger partial charge >= 0.3 is 146 Å². The monoisotopic (exact) mass is 380 g/mol. The predicted molar refractivity (Wildman–Crippen MR) is 95.0 cm³/mol. The summed E-state index contributed by atoms with van der Waals surface area (Å²) in [6, 6.07) is 10.5. The predicted octanol–water partition coefficient (Wildman–Crippen LogP) is 3.97. The number of rotatable bonds is 2. The molecule has 1 saturated carbocycles. The van der Waals surface area contributed by atoms with Crippen LogP contribution >= 0.6 is 0 Å². The molecule has 2 aliphatic rings. The first-order chi connectivity index (χ1) is 10.8. The first-order valence-electron chi connectivity index (χ1n) is 8.74. The summed E-state index contributed by atoms with van der Waals surface area (Å²) >= 11 is 0.160. The molecule has 0 amide bonds. The van der Waals surface area contributed by atoms with Crippen LogP contribution in [-0.2, 0) is 9.53 Å². The van der Waals surface area contributed by atoms with E-state index in [4.69, 9.17) is 4.74 Å². The molecule has 1 aromatic carbocycles. The third kappa shape index (κ3) is 3.51. The minimum atomic E-state index is -0.238. The van der Waals surface area contributed by atoms with Gasteiger partial charge in [0.05, 0.1) is 0 Å². The summed E-state index contributed by atoms with van der Waals surface area (Å²) < 4.78 is 7.26. The van der Waals surface area contributed by atoms with Crippen molar-refractivity contribution in [3.63, 3.8) is 0 Å². The normalized spacial score (nSPS) is 34.6. The van der Waals surface area contributed by atoms with E-state index < -0.39 is 0 Å². The Morgan fingerprint density at radius 1 is 1.22 bits per heavy atom. The van der Waals surface area contributed by atoms with Crippen LogP contribution in [0.2, 0.25) is 4.82 Å². The summed E-state index contributed by atoms with van der Waals surface area (Å²) in [5.41, 5.74) is 0.0689. The van der Waals surface area contributed by atoms with Gasteiger partial charge in [0.15, 0.2) is 0 Å². The fraction of sp³-hybridized carbons (Fsp3) is 0.650. The molecule has 3 heteroatoms. The van der Waals surface area contributed by atoms with Crippen molar-refractivity contribution in [2.75, 3.05) is 0 Å². The SMILES string of the molecule is CC(C)(C)C1CCCC2(C)OC(=O)C([Se]c3ccccc3)C2C1. The van der Waals surface area contributed by atoms with E-state index in [1.165, 1.54) is 17.3 Å². The number of fused-ring (bicyclic) bond motifs is 1. The minimum absolute atomic E-state index is 0.0518. The molecule has 4 unspecified atom stereocenters. The number of carbonyl (C=O) groups excluding carboxylic acids is 1. The van der Waals surface area contributed by atoms with Gasteiger partial charge in [0.1, 0.15) is 0 Å². The van der Waals surface area contributed by atoms with Crippen LogP contribution in [-0.4, -0.2) is 26.5 Å². The average molecular weight is 379 g/mol. The number of hydrogen-bond donors (Lipinski definition) is 0. The van der Waals surface area contributed by atoms with Gasteiger partial charge < -0.3 is 0 Å². The van der Waals surface area contributed by atoms with Crippen LogP contribution in [0, 0.1) is 17.3 Å². The number of benzene rings is 1. The molecule has 23 heavy (non-hydrogen) atoms. The Morgan fingerprint density at radius 3 is 2.57 bits per heavy atom. The number of carbonyl (C=O) groups is 1. The Labute approximate surface area is 146 Å². The molecule has 0 radical (unpaired) electrons. The summed E-state index contributed by atoms with van der Waals surface area (Å²) in [7, 11) is 0. The molecule has 1 heterocycles. The third-order valence-electron chi connectivity index (χ3n) is 5.71. The van der Waals surface area contributed by atoms with Crippen molar-refractivity contribution >= 4 is 25.4 Å². The van der Waals surface area contributed by atoms with Crippen LogP contribution in [0.3, 0.4) is 0 Å². The van der Waals surface area contributed by atoms with E-state index in [1.807, 2.05) is 6.07 Å². The van der Waals surface area contributed by atoms with E-state index in [0.717, 1.165) is 12.8 Å². The molecular formula is C20H28O2Se. The van der Waals surface area contributed by atoms with E-state index in [0.29, 0.717) is 17.3 Å². The van der Waals surface area contributed by atoms with Gasteiger partial charge in [0.25, 0.3) is 0 Å². The summed E-state index contributed by atoms with van der Waals surface area (Å²) in [6.07, 6.45) is 4.59. The molecule has 1 aliphatic carbocycles. The Morgan fingerprint density at radius 2 is 1.91 bits per heavy atom. The van der Waals surface area contributed by atoms with Crippen molar-refractivity contribution in [1.29, 1.82) is 0 Å². The zero-order valence-electron chi connectivity index (χ0n) is 14.7. The van der Waals surface area contributed by atoms with Crippen molar-refractivity contribution in [2.24, 2.45) is 17.3 Å². The van der Waals surface area contributed by atoms with Crippen LogP contribution in [0.25, 0.3) is 0 Å². The Balaban J connectivity index is 1.86. The number of esters is 1. The van der Waals surface area contributed by atoms with Gasteiger partial charge in [-0.15, -0.1) is 0 Å².